The minimum absolute atomic E-state index is 0.768. The van der Waals surface area contributed by atoms with Crippen LogP contribution in [0, 0.1) is 0 Å². The first-order valence-corrected chi connectivity index (χ1v) is 8.71. The highest BCUT2D eigenvalue weighted by Crippen LogP contribution is 2.17. The van der Waals surface area contributed by atoms with E-state index >= 15 is 0 Å². The molecule has 0 saturated heterocycles. The summed E-state index contributed by atoms with van der Waals surface area (Å²) >= 11 is 0. The maximum absolute atomic E-state index is 4.39. The summed E-state index contributed by atoms with van der Waals surface area (Å²) in [6.07, 6.45) is 4.42. The number of rotatable bonds is 5. The van der Waals surface area contributed by atoms with Crippen molar-refractivity contribution in [1.29, 1.82) is 0 Å². The molecule has 0 aliphatic carbocycles. The van der Waals surface area contributed by atoms with E-state index in [-0.39, 0.29) is 0 Å². The quantitative estimate of drug-likeness (QED) is 0.517. The van der Waals surface area contributed by atoms with Gasteiger partial charge in [-0.2, -0.15) is 0 Å². The molecule has 0 fully saturated rings. The minimum atomic E-state index is 0.768. The van der Waals surface area contributed by atoms with Gasteiger partial charge in [0.15, 0.2) is 5.96 Å². The standard InChI is InChI=1S/C21H26N4/c1-22-21(24(2)17-19-8-4-3-5-9-19)23-16-18-10-12-20(13-11-18)25-14-6-7-15-25/h3-13H,14-17H2,1-2H3,(H,22,23). The molecule has 1 N–H and O–H groups in total. The first-order valence-electron chi connectivity index (χ1n) is 8.71. The molecule has 0 bridgehead atoms. The van der Waals surface area contributed by atoms with Crippen LogP contribution in [0.25, 0.3) is 0 Å². The molecule has 1 aliphatic heterocycles. The Kier molecular flexibility index (Phi) is 5.73. The lowest BCUT2D eigenvalue weighted by atomic mass is 10.2. The van der Waals surface area contributed by atoms with Gasteiger partial charge in [0.05, 0.1) is 0 Å². The molecule has 4 nitrogen and oxygen atoms in total. The van der Waals surface area contributed by atoms with E-state index in [4.69, 9.17) is 0 Å². The van der Waals surface area contributed by atoms with E-state index in [0.29, 0.717) is 0 Å². The van der Waals surface area contributed by atoms with Crippen molar-refractivity contribution in [2.24, 2.45) is 4.99 Å². The van der Waals surface area contributed by atoms with Crippen LogP contribution in [0.3, 0.4) is 0 Å². The fourth-order valence-electron chi connectivity index (χ4n) is 3.01. The lowest BCUT2D eigenvalue weighted by Gasteiger charge is -2.22. The lowest BCUT2D eigenvalue weighted by Crippen LogP contribution is -2.38. The van der Waals surface area contributed by atoms with Crippen molar-refractivity contribution in [3.05, 3.63) is 77.9 Å². The first kappa shape index (κ1) is 17.1. The summed E-state index contributed by atoms with van der Waals surface area (Å²) in [6.45, 7) is 3.62. The van der Waals surface area contributed by atoms with Crippen LogP contribution in [-0.4, -0.2) is 38.0 Å². The van der Waals surface area contributed by atoms with Crippen molar-refractivity contribution >= 4 is 11.6 Å². The van der Waals surface area contributed by atoms with Gasteiger partial charge >= 0.3 is 0 Å². The predicted molar refractivity (Wildman–Crippen MR) is 106 cm³/mol. The summed E-state index contributed by atoms with van der Waals surface area (Å²) in [5.74, 6) is 0.900. The molecule has 0 radical (unpaired) electrons. The maximum Gasteiger partial charge on any atom is 0.193 e. The Morgan fingerprint density at radius 3 is 2.32 bits per heavy atom. The lowest BCUT2D eigenvalue weighted by molar-refractivity contribution is 0.476. The summed E-state index contributed by atoms with van der Waals surface area (Å²) in [5.41, 5.74) is 3.81. The van der Waals surface area contributed by atoms with Gasteiger partial charge in [-0.05, 0) is 23.3 Å². The van der Waals surface area contributed by atoms with Gasteiger partial charge in [0, 0.05) is 46.0 Å². The molecule has 1 heterocycles. The number of benzene rings is 2. The van der Waals surface area contributed by atoms with Crippen molar-refractivity contribution in [2.75, 3.05) is 32.1 Å². The Balaban J connectivity index is 1.53. The first-order chi connectivity index (χ1) is 12.3. The molecule has 0 atom stereocenters. The number of nitrogens with zero attached hydrogens (tertiary/aromatic N) is 3. The average Bonchev–Trinajstić information content (AvgIpc) is 3.18. The third-order valence-corrected chi connectivity index (χ3v) is 4.41. The fraction of sp³-hybridized carbons (Fsp3) is 0.286. The number of hydrogen-bond donors (Lipinski definition) is 1. The molecule has 0 spiro atoms. The number of anilines is 1. The van der Waals surface area contributed by atoms with E-state index in [0.717, 1.165) is 32.1 Å². The van der Waals surface area contributed by atoms with Crippen LogP contribution >= 0.6 is 0 Å². The highest BCUT2D eigenvalue weighted by atomic mass is 15.3. The monoisotopic (exact) mass is 334 g/mol. The maximum atomic E-state index is 4.39. The molecule has 0 saturated carbocycles. The highest BCUT2D eigenvalue weighted by Gasteiger charge is 2.08. The summed E-state index contributed by atoms with van der Waals surface area (Å²) in [7, 11) is 3.89. The van der Waals surface area contributed by atoms with E-state index < -0.39 is 0 Å². The van der Waals surface area contributed by atoms with Crippen LogP contribution in [0.15, 0.2) is 71.7 Å². The summed E-state index contributed by atoms with van der Waals surface area (Å²) < 4.78 is 0. The predicted octanol–water partition coefficient (Wildman–Crippen LogP) is 3.27. The molecule has 1 aliphatic rings. The van der Waals surface area contributed by atoms with Crippen LogP contribution in [-0.2, 0) is 13.1 Å². The van der Waals surface area contributed by atoms with Crippen molar-refractivity contribution in [3.63, 3.8) is 0 Å². The zero-order chi connectivity index (χ0) is 17.5. The molecule has 0 amide bonds. The molecule has 25 heavy (non-hydrogen) atoms. The third kappa shape index (κ3) is 4.63. The van der Waals surface area contributed by atoms with Crippen LogP contribution in [0.5, 0.6) is 0 Å². The fourth-order valence-corrected chi connectivity index (χ4v) is 3.01. The number of hydrogen-bond acceptors (Lipinski definition) is 2. The van der Waals surface area contributed by atoms with Gasteiger partial charge in [0.25, 0.3) is 0 Å². The van der Waals surface area contributed by atoms with Crippen molar-refractivity contribution in [1.82, 2.24) is 10.2 Å². The molecule has 4 heteroatoms. The van der Waals surface area contributed by atoms with Crippen molar-refractivity contribution < 1.29 is 0 Å². The number of guanidine groups is 1. The number of aliphatic imine (C=N–C) groups is 1. The summed E-state index contributed by atoms with van der Waals surface area (Å²) in [5, 5.41) is 3.44. The van der Waals surface area contributed by atoms with Crippen molar-refractivity contribution in [3.8, 4) is 0 Å². The Morgan fingerprint density at radius 1 is 1.00 bits per heavy atom. The van der Waals surface area contributed by atoms with Crippen LogP contribution < -0.4 is 10.2 Å². The molecular weight excluding hydrogens is 308 g/mol. The van der Waals surface area contributed by atoms with Gasteiger partial charge in [-0.3, -0.25) is 4.99 Å². The largest absolute Gasteiger partial charge is 0.364 e. The molecule has 3 rings (SSSR count). The summed E-state index contributed by atoms with van der Waals surface area (Å²) in [4.78, 5) is 8.88. The van der Waals surface area contributed by atoms with Gasteiger partial charge in [-0.1, -0.05) is 54.6 Å². The Bertz CT molecular complexity index is 711. The van der Waals surface area contributed by atoms with Gasteiger partial charge in [-0.25, -0.2) is 0 Å². The second-order valence-electron chi connectivity index (χ2n) is 6.29. The number of nitrogens with one attached hydrogen (secondary N) is 1. The SMILES string of the molecule is CN=C(NCc1ccc(N2CC=CC2)cc1)N(C)Cc1ccccc1. The highest BCUT2D eigenvalue weighted by molar-refractivity contribution is 5.79. The van der Waals surface area contributed by atoms with Crippen LogP contribution in [0.4, 0.5) is 5.69 Å². The molecule has 0 unspecified atom stereocenters. The zero-order valence-electron chi connectivity index (χ0n) is 15.0. The second kappa shape index (κ2) is 8.38. The van der Waals surface area contributed by atoms with E-state index in [1.165, 1.54) is 16.8 Å². The normalized spacial score (nSPS) is 14.0. The molecule has 0 aromatic heterocycles. The molecule has 130 valence electrons. The van der Waals surface area contributed by atoms with Gasteiger partial charge in [0.1, 0.15) is 0 Å². The average molecular weight is 334 g/mol. The molecular formula is C21H26N4. The Hall–Kier alpha value is -2.75. The Morgan fingerprint density at radius 2 is 1.68 bits per heavy atom. The van der Waals surface area contributed by atoms with E-state index in [9.17, 15) is 0 Å². The smallest absolute Gasteiger partial charge is 0.193 e. The van der Waals surface area contributed by atoms with E-state index in [1.54, 1.807) is 0 Å². The van der Waals surface area contributed by atoms with Gasteiger partial charge < -0.3 is 15.1 Å². The second-order valence-corrected chi connectivity index (χ2v) is 6.29. The van der Waals surface area contributed by atoms with Gasteiger partial charge in [-0.15, -0.1) is 0 Å². The molecule has 2 aromatic carbocycles. The van der Waals surface area contributed by atoms with Crippen LogP contribution in [0.1, 0.15) is 11.1 Å². The van der Waals surface area contributed by atoms with E-state index in [1.807, 2.05) is 13.1 Å². The van der Waals surface area contributed by atoms with Gasteiger partial charge in [0.2, 0.25) is 0 Å². The minimum Gasteiger partial charge on any atom is -0.364 e. The zero-order valence-corrected chi connectivity index (χ0v) is 15.0. The van der Waals surface area contributed by atoms with E-state index in [2.05, 4.69) is 87.8 Å². The third-order valence-electron chi connectivity index (χ3n) is 4.41. The summed E-state index contributed by atoms with van der Waals surface area (Å²) in [6, 6.07) is 19.2. The topological polar surface area (TPSA) is 30.9 Å². The molecule has 2 aromatic rings. The van der Waals surface area contributed by atoms with Crippen molar-refractivity contribution in [2.45, 2.75) is 13.1 Å². The Labute approximate surface area is 150 Å². The van der Waals surface area contributed by atoms with Crippen LogP contribution in [0.2, 0.25) is 0 Å².